The Bertz CT molecular complexity index is 270. The third-order valence-corrected chi connectivity index (χ3v) is 5.01. The molecule has 4 atom stereocenters. The molecule has 0 saturated heterocycles. The van der Waals surface area contributed by atoms with Gasteiger partial charge in [0.2, 0.25) is 0 Å². The molecule has 3 rings (SSSR count). The molecule has 0 aliphatic heterocycles. The van der Waals surface area contributed by atoms with Gasteiger partial charge in [0.1, 0.15) is 0 Å². The number of rotatable bonds is 2. The smallest absolute Gasteiger partial charge is 0.302 e. The molecule has 0 amide bonds. The van der Waals surface area contributed by atoms with Gasteiger partial charge in [-0.05, 0) is 41.9 Å². The molecule has 0 N–H and O–H groups in total. The molecular formula is C13H22O2. The van der Waals surface area contributed by atoms with Crippen molar-refractivity contribution >= 4 is 5.97 Å². The zero-order valence-corrected chi connectivity index (χ0v) is 10.2. The SMILES string of the molecule is CC(=O)OC[C@@H]1C[C@@H]2C[C@H]([C@H]1C)C2(C)C. The summed E-state index contributed by atoms with van der Waals surface area (Å²) in [7, 11) is 0. The summed E-state index contributed by atoms with van der Waals surface area (Å²) < 4.78 is 5.15. The zero-order valence-electron chi connectivity index (χ0n) is 10.2. The Balaban J connectivity index is 1.93. The van der Waals surface area contributed by atoms with Crippen molar-refractivity contribution in [1.29, 1.82) is 0 Å². The number of fused-ring (bicyclic) bond motifs is 2. The highest BCUT2D eigenvalue weighted by Gasteiger charge is 2.56. The van der Waals surface area contributed by atoms with Crippen LogP contribution in [0.4, 0.5) is 0 Å². The third kappa shape index (κ3) is 1.68. The molecule has 0 radical (unpaired) electrons. The third-order valence-electron chi connectivity index (χ3n) is 5.01. The van der Waals surface area contributed by atoms with E-state index in [1.54, 1.807) is 0 Å². The maximum absolute atomic E-state index is 10.8. The van der Waals surface area contributed by atoms with Crippen molar-refractivity contribution in [2.24, 2.45) is 29.1 Å². The van der Waals surface area contributed by atoms with Crippen molar-refractivity contribution in [1.82, 2.24) is 0 Å². The summed E-state index contributed by atoms with van der Waals surface area (Å²) in [6, 6.07) is 0. The highest BCUT2D eigenvalue weighted by molar-refractivity contribution is 5.65. The Hall–Kier alpha value is -0.530. The van der Waals surface area contributed by atoms with Gasteiger partial charge in [-0.3, -0.25) is 4.79 Å². The summed E-state index contributed by atoms with van der Waals surface area (Å²) in [4.78, 5) is 10.8. The fourth-order valence-corrected chi connectivity index (χ4v) is 3.70. The summed E-state index contributed by atoms with van der Waals surface area (Å²) in [6.45, 7) is 9.25. The van der Waals surface area contributed by atoms with Crippen LogP contribution in [0.3, 0.4) is 0 Å². The van der Waals surface area contributed by atoms with Crippen LogP contribution < -0.4 is 0 Å². The number of hydrogen-bond donors (Lipinski definition) is 0. The molecule has 0 unspecified atom stereocenters. The highest BCUT2D eigenvalue weighted by Crippen LogP contribution is 2.62. The van der Waals surface area contributed by atoms with E-state index in [2.05, 4.69) is 20.8 Å². The normalized spacial score (nSPS) is 41.9. The molecule has 2 nitrogen and oxygen atoms in total. The molecule has 3 aliphatic rings. The second kappa shape index (κ2) is 3.50. The van der Waals surface area contributed by atoms with Crippen LogP contribution in [0.1, 0.15) is 40.5 Å². The Morgan fingerprint density at radius 1 is 1.40 bits per heavy atom. The van der Waals surface area contributed by atoms with E-state index >= 15 is 0 Å². The van der Waals surface area contributed by atoms with Gasteiger partial charge < -0.3 is 4.74 Å². The molecule has 2 bridgehead atoms. The van der Waals surface area contributed by atoms with Gasteiger partial charge in [-0.2, -0.15) is 0 Å². The summed E-state index contributed by atoms with van der Waals surface area (Å²) in [5.74, 6) is 2.88. The summed E-state index contributed by atoms with van der Waals surface area (Å²) >= 11 is 0. The van der Waals surface area contributed by atoms with Gasteiger partial charge in [0.25, 0.3) is 0 Å². The van der Waals surface area contributed by atoms with Gasteiger partial charge in [-0.25, -0.2) is 0 Å². The molecule has 3 fully saturated rings. The van der Waals surface area contributed by atoms with Gasteiger partial charge in [0.05, 0.1) is 6.61 Å². The van der Waals surface area contributed by atoms with Crippen LogP contribution >= 0.6 is 0 Å². The van der Waals surface area contributed by atoms with Crippen molar-refractivity contribution in [3.8, 4) is 0 Å². The fraction of sp³-hybridized carbons (Fsp3) is 0.923. The average Bonchev–Trinajstić information content (AvgIpc) is 2.15. The number of hydrogen-bond acceptors (Lipinski definition) is 2. The van der Waals surface area contributed by atoms with E-state index in [-0.39, 0.29) is 5.97 Å². The first-order valence-corrected chi connectivity index (χ1v) is 6.06. The van der Waals surface area contributed by atoms with E-state index < -0.39 is 0 Å². The predicted octanol–water partition coefficient (Wildman–Crippen LogP) is 2.87. The van der Waals surface area contributed by atoms with Crippen LogP contribution in [0, 0.1) is 29.1 Å². The minimum atomic E-state index is -0.138. The van der Waals surface area contributed by atoms with Crippen molar-refractivity contribution in [2.75, 3.05) is 6.61 Å². The first-order valence-electron chi connectivity index (χ1n) is 6.06. The molecule has 3 saturated carbocycles. The van der Waals surface area contributed by atoms with E-state index in [1.807, 2.05) is 0 Å². The van der Waals surface area contributed by atoms with Crippen molar-refractivity contribution in [2.45, 2.75) is 40.5 Å². The van der Waals surface area contributed by atoms with Crippen molar-refractivity contribution < 1.29 is 9.53 Å². The molecule has 0 aromatic rings. The van der Waals surface area contributed by atoms with E-state index in [0.717, 1.165) is 11.8 Å². The van der Waals surface area contributed by atoms with Crippen LogP contribution in [0.2, 0.25) is 0 Å². The van der Waals surface area contributed by atoms with Crippen molar-refractivity contribution in [3.05, 3.63) is 0 Å². The number of carbonyl (C=O) groups excluding carboxylic acids is 1. The highest BCUT2D eigenvalue weighted by atomic mass is 16.5. The van der Waals surface area contributed by atoms with E-state index in [9.17, 15) is 4.79 Å². The summed E-state index contributed by atoms with van der Waals surface area (Å²) in [5.41, 5.74) is 0.534. The van der Waals surface area contributed by atoms with Gasteiger partial charge in [-0.15, -0.1) is 0 Å². The molecule has 0 spiro atoms. The molecular weight excluding hydrogens is 188 g/mol. The van der Waals surface area contributed by atoms with Gasteiger partial charge in [-0.1, -0.05) is 20.8 Å². The predicted molar refractivity (Wildman–Crippen MR) is 59.3 cm³/mol. The Morgan fingerprint density at radius 2 is 2.07 bits per heavy atom. The lowest BCUT2D eigenvalue weighted by Gasteiger charge is -2.62. The van der Waals surface area contributed by atoms with E-state index in [0.29, 0.717) is 23.9 Å². The van der Waals surface area contributed by atoms with Gasteiger partial charge >= 0.3 is 5.97 Å². The monoisotopic (exact) mass is 210 g/mol. The molecule has 86 valence electrons. The quantitative estimate of drug-likeness (QED) is 0.655. The lowest BCUT2D eigenvalue weighted by atomic mass is 9.43. The summed E-state index contributed by atoms with van der Waals surface area (Å²) in [5, 5.41) is 0. The van der Waals surface area contributed by atoms with Crippen molar-refractivity contribution in [3.63, 3.8) is 0 Å². The van der Waals surface area contributed by atoms with E-state index in [1.165, 1.54) is 19.8 Å². The maximum atomic E-state index is 10.8. The number of ether oxygens (including phenoxy) is 1. The average molecular weight is 210 g/mol. The topological polar surface area (TPSA) is 26.3 Å². The summed E-state index contributed by atoms with van der Waals surface area (Å²) in [6.07, 6.45) is 2.64. The fourth-order valence-electron chi connectivity index (χ4n) is 3.70. The van der Waals surface area contributed by atoms with Crippen LogP contribution in [-0.2, 0) is 9.53 Å². The first kappa shape index (κ1) is 11.0. The van der Waals surface area contributed by atoms with Crippen LogP contribution in [0.5, 0.6) is 0 Å². The van der Waals surface area contributed by atoms with E-state index in [4.69, 9.17) is 4.74 Å². The zero-order chi connectivity index (χ0) is 11.2. The largest absolute Gasteiger partial charge is 0.466 e. The molecule has 15 heavy (non-hydrogen) atoms. The van der Waals surface area contributed by atoms with Crippen LogP contribution in [0.25, 0.3) is 0 Å². The Labute approximate surface area is 92.4 Å². The number of esters is 1. The minimum Gasteiger partial charge on any atom is -0.466 e. The molecule has 0 aromatic carbocycles. The van der Waals surface area contributed by atoms with Gasteiger partial charge in [0, 0.05) is 6.92 Å². The number of carbonyl (C=O) groups is 1. The minimum absolute atomic E-state index is 0.138. The molecule has 3 aliphatic carbocycles. The Kier molecular flexibility index (Phi) is 2.56. The van der Waals surface area contributed by atoms with Crippen LogP contribution in [0.15, 0.2) is 0 Å². The second-order valence-electron chi connectivity index (χ2n) is 6.02. The Morgan fingerprint density at radius 3 is 2.53 bits per heavy atom. The molecule has 0 aromatic heterocycles. The van der Waals surface area contributed by atoms with Gasteiger partial charge in [0.15, 0.2) is 0 Å². The lowest BCUT2D eigenvalue weighted by molar-refractivity contribution is -0.157. The molecule has 2 heteroatoms. The molecule has 0 heterocycles. The first-order chi connectivity index (χ1) is 6.93. The second-order valence-corrected chi connectivity index (χ2v) is 6.02. The lowest BCUT2D eigenvalue weighted by Crippen LogP contribution is -2.55. The standard InChI is InChI=1S/C13H22O2/c1-8-10(7-15-9(2)14)5-11-6-12(8)13(11,3)4/h8,10-12H,5-7H2,1-4H3/t8-,10-,11+,12+/m0/s1. The van der Waals surface area contributed by atoms with Crippen LogP contribution in [-0.4, -0.2) is 12.6 Å². The maximum Gasteiger partial charge on any atom is 0.302 e.